The maximum absolute atomic E-state index is 11.8. The fourth-order valence-corrected chi connectivity index (χ4v) is 2.37. The highest BCUT2D eigenvalue weighted by Gasteiger charge is 2.14. The monoisotopic (exact) mass is 305 g/mol. The Bertz CT molecular complexity index is 754. The highest BCUT2D eigenvalue weighted by molar-refractivity contribution is 7.89. The van der Waals surface area contributed by atoms with Crippen LogP contribution in [0.2, 0.25) is 0 Å². The number of methoxy groups -OCH3 is 1. The van der Waals surface area contributed by atoms with Crippen molar-refractivity contribution in [2.75, 3.05) is 13.4 Å². The molecule has 2 aromatic carbocycles. The first kappa shape index (κ1) is 15.1. The van der Waals surface area contributed by atoms with Crippen LogP contribution in [-0.2, 0) is 10.0 Å². The molecule has 110 valence electrons. The molecule has 0 aliphatic carbocycles. The number of hydrogen-bond acceptors (Lipinski definition) is 4. The average Bonchev–Trinajstić information content (AvgIpc) is 2.45. The third-order valence-corrected chi connectivity index (χ3v) is 3.38. The molecule has 21 heavy (non-hydrogen) atoms. The van der Waals surface area contributed by atoms with E-state index in [1.54, 1.807) is 12.1 Å². The second-order valence-electron chi connectivity index (χ2n) is 4.48. The van der Waals surface area contributed by atoms with Crippen LogP contribution in [0.1, 0.15) is 10.4 Å². The zero-order valence-electron chi connectivity index (χ0n) is 11.7. The van der Waals surface area contributed by atoms with E-state index in [-0.39, 0.29) is 5.56 Å². The third-order valence-electron chi connectivity index (χ3n) is 2.83. The van der Waals surface area contributed by atoms with Gasteiger partial charge >= 0.3 is 0 Å². The van der Waals surface area contributed by atoms with Crippen molar-refractivity contribution in [1.82, 2.24) is 4.72 Å². The van der Waals surface area contributed by atoms with Gasteiger partial charge in [-0.05, 0) is 23.8 Å². The first-order chi connectivity index (χ1) is 9.90. The Morgan fingerprint density at radius 1 is 1.10 bits per heavy atom. The molecule has 0 heterocycles. The van der Waals surface area contributed by atoms with Gasteiger partial charge in [-0.1, -0.05) is 30.3 Å². The molecule has 1 N–H and O–H groups in total. The molecule has 0 fully saturated rings. The molecule has 0 aliphatic heterocycles. The smallest absolute Gasteiger partial charge is 0.264 e. The molecule has 0 aromatic heterocycles. The van der Waals surface area contributed by atoms with Gasteiger partial charge in [0.05, 0.1) is 13.4 Å². The Kier molecular flexibility index (Phi) is 4.28. The van der Waals surface area contributed by atoms with Crippen molar-refractivity contribution in [2.24, 2.45) is 0 Å². The molecule has 0 saturated heterocycles. The summed E-state index contributed by atoms with van der Waals surface area (Å²) in [6, 6.07) is 14.4. The molecule has 2 aromatic rings. The van der Waals surface area contributed by atoms with E-state index < -0.39 is 15.9 Å². The van der Waals surface area contributed by atoms with Crippen LogP contribution in [0.4, 0.5) is 0 Å². The third kappa shape index (κ3) is 3.82. The van der Waals surface area contributed by atoms with Crippen LogP contribution in [-0.4, -0.2) is 27.7 Å². The van der Waals surface area contributed by atoms with Gasteiger partial charge in [-0.15, -0.1) is 0 Å². The summed E-state index contributed by atoms with van der Waals surface area (Å²) < 4.78 is 29.4. The summed E-state index contributed by atoms with van der Waals surface area (Å²) in [6.45, 7) is 0. The summed E-state index contributed by atoms with van der Waals surface area (Å²) in [5.74, 6) is -0.183. The molecule has 6 heteroatoms. The fourth-order valence-electron chi connectivity index (χ4n) is 1.92. The van der Waals surface area contributed by atoms with Gasteiger partial charge in [-0.2, -0.15) is 0 Å². The zero-order chi connectivity index (χ0) is 15.5. The lowest BCUT2D eigenvalue weighted by Gasteiger charge is -2.11. The van der Waals surface area contributed by atoms with E-state index in [9.17, 15) is 13.2 Å². The van der Waals surface area contributed by atoms with Crippen LogP contribution < -0.4 is 9.46 Å². The molecule has 1 amide bonds. The quantitative estimate of drug-likeness (QED) is 0.938. The van der Waals surface area contributed by atoms with E-state index in [4.69, 9.17) is 4.74 Å². The summed E-state index contributed by atoms with van der Waals surface area (Å²) in [5, 5.41) is 0. The Balaban J connectivity index is 2.39. The summed E-state index contributed by atoms with van der Waals surface area (Å²) in [7, 11) is -2.09. The largest absolute Gasteiger partial charge is 0.496 e. The summed E-state index contributed by atoms with van der Waals surface area (Å²) >= 11 is 0. The van der Waals surface area contributed by atoms with Crippen molar-refractivity contribution in [1.29, 1.82) is 0 Å². The lowest BCUT2D eigenvalue weighted by Crippen LogP contribution is -2.29. The van der Waals surface area contributed by atoms with Crippen LogP contribution in [0.15, 0.2) is 48.5 Å². The predicted octanol–water partition coefficient (Wildman–Crippen LogP) is 2.05. The fraction of sp³-hybridized carbons (Fsp3) is 0.133. The van der Waals surface area contributed by atoms with Crippen molar-refractivity contribution < 1.29 is 17.9 Å². The van der Waals surface area contributed by atoms with Gasteiger partial charge in [0.25, 0.3) is 5.91 Å². The van der Waals surface area contributed by atoms with E-state index in [0.717, 1.165) is 17.4 Å². The number of benzene rings is 2. The normalized spacial score (nSPS) is 11.0. The van der Waals surface area contributed by atoms with E-state index >= 15 is 0 Å². The molecule has 0 spiro atoms. The van der Waals surface area contributed by atoms with Crippen molar-refractivity contribution >= 4 is 15.9 Å². The Labute approximate surface area is 123 Å². The van der Waals surface area contributed by atoms with Gasteiger partial charge in [0.2, 0.25) is 10.0 Å². The van der Waals surface area contributed by atoms with Crippen molar-refractivity contribution in [3.8, 4) is 16.9 Å². The van der Waals surface area contributed by atoms with E-state index in [1.165, 1.54) is 13.2 Å². The van der Waals surface area contributed by atoms with Gasteiger partial charge in [0, 0.05) is 11.1 Å². The lowest BCUT2D eigenvalue weighted by atomic mass is 10.0. The van der Waals surface area contributed by atoms with E-state index in [0.29, 0.717) is 5.75 Å². The molecule has 2 rings (SSSR count). The van der Waals surface area contributed by atoms with Crippen molar-refractivity contribution in [3.63, 3.8) is 0 Å². The second-order valence-corrected chi connectivity index (χ2v) is 6.23. The molecule has 0 radical (unpaired) electrons. The Morgan fingerprint density at radius 3 is 2.33 bits per heavy atom. The van der Waals surface area contributed by atoms with Crippen molar-refractivity contribution in [3.05, 3.63) is 54.1 Å². The minimum Gasteiger partial charge on any atom is -0.496 e. The molecule has 0 bridgehead atoms. The SMILES string of the molecule is COc1cc(C(=O)NS(C)(=O)=O)ccc1-c1ccccc1. The maximum atomic E-state index is 11.8. The first-order valence-corrected chi connectivity index (χ1v) is 8.05. The number of hydrogen-bond donors (Lipinski definition) is 1. The summed E-state index contributed by atoms with van der Waals surface area (Å²) in [4.78, 5) is 11.8. The van der Waals surface area contributed by atoms with Crippen LogP contribution in [0.5, 0.6) is 5.75 Å². The molecule has 5 nitrogen and oxygen atoms in total. The maximum Gasteiger partial charge on any atom is 0.264 e. The topological polar surface area (TPSA) is 72.5 Å². The van der Waals surface area contributed by atoms with Crippen molar-refractivity contribution in [2.45, 2.75) is 0 Å². The number of sulfonamides is 1. The number of amides is 1. The predicted molar refractivity (Wildman–Crippen MR) is 80.7 cm³/mol. The number of rotatable bonds is 4. The first-order valence-electron chi connectivity index (χ1n) is 6.16. The minimum atomic E-state index is -3.59. The lowest BCUT2D eigenvalue weighted by molar-refractivity contribution is 0.0981. The standard InChI is InChI=1S/C15H15NO4S/c1-20-14-10-12(15(17)16-21(2,18)19)8-9-13(14)11-6-4-3-5-7-11/h3-10H,1-2H3,(H,16,17). The molecule has 0 unspecified atom stereocenters. The van der Waals surface area contributed by atoms with E-state index in [1.807, 2.05) is 35.1 Å². The summed E-state index contributed by atoms with van der Waals surface area (Å²) in [5.41, 5.74) is 2.00. The van der Waals surface area contributed by atoms with Crippen LogP contribution in [0, 0.1) is 0 Å². The highest BCUT2D eigenvalue weighted by Crippen LogP contribution is 2.30. The van der Waals surface area contributed by atoms with Gasteiger partial charge in [-0.3, -0.25) is 4.79 Å². The van der Waals surface area contributed by atoms with E-state index in [2.05, 4.69) is 0 Å². The second kappa shape index (κ2) is 5.97. The summed E-state index contributed by atoms with van der Waals surface area (Å²) in [6.07, 6.45) is 0.931. The van der Waals surface area contributed by atoms with Gasteiger partial charge in [-0.25, -0.2) is 13.1 Å². The van der Waals surface area contributed by atoms with Gasteiger partial charge < -0.3 is 4.74 Å². The highest BCUT2D eigenvalue weighted by atomic mass is 32.2. The molecule has 0 aliphatic rings. The van der Waals surface area contributed by atoms with Gasteiger partial charge in [0.1, 0.15) is 5.75 Å². The number of carbonyl (C=O) groups excluding carboxylic acids is 1. The molecule has 0 saturated carbocycles. The zero-order valence-corrected chi connectivity index (χ0v) is 12.5. The van der Waals surface area contributed by atoms with Crippen LogP contribution in [0.3, 0.4) is 0 Å². The number of carbonyl (C=O) groups is 1. The molecular formula is C15H15NO4S. The van der Waals surface area contributed by atoms with Crippen LogP contribution >= 0.6 is 0 Å². The molecule has 0 atom stereocenters. The van der Waals surface area contributed by atoms with Crippen LogP contribution in [0.25, 0.3) is 11.1 Å². The minimum absolute atomic E-state index is 0.219. The molecular weight excluding hydrogens is 290 g/mol. The Hall–Kier alpha value is -2.34. The average molecular weight is 305 g/mol. The number of nitrogens with one attached hydrogen (secondary N) is 1. The van der Waals surface area contributed by atoms with Gasteiger partial charge in [0.15, 0.2) is 0 Å². The number of ether oxygens (including phenoxy) is 1. The Morgan fingerprint density at radius 2 is 1.76 bits per heavy atom.